The van der Waals surface area contributed by atoms with Crippen molar-refractivity contribution < 1.29 is 9.47 Å². The Kier molecular flexibility index (Phi) is 4.24. The molecule has 0 spiro atoms. The molecule has 2 aromatic carbocycles. The number of hydrogen-bond acceptors (Lipinski definition) is 3. The van der Waals surface area contributed by atoms with Crippen LogP contribution in [0.3, 0.4) is 0 Å². The van der Waals surface area contributed by atoms with E-state index in [1.165, 1.54) is 0 Å². The predicted octanol–water partition coefficient (Wildman–Crippen LogP) is 4.95. The third-order valence-electron chi connectivity index (χ3n) is 4.44. The summed E-state index contributed by atoms with van der Waals surface area (Å²) in [6.07, 6.45) is 0. The molecule has 0 atom stereocenters. The van der Waals surface area contributed by atoms with Gasteiger partial charge < -0.3 is 14.0 Å². The molecule has 0 unspecified atom stereocenters. The van der Waals surface area contributed by atoms with Gasteiger partial charge in [-0.2, -0.15) is 4.98 Å². The van der Waals surface area contributed by atoms with Crippen molar-refractivity contribution >= 4 is 44.3 Å². The van der Waals surface area contributed by atoms with Gasteiger partial charge in [0, 0.05) is 34.8 Å². The third-order valence-corrected chi connectivity index (χ3v) is 4.67. The molecule has 0 aliphatic heterocycles. The number of benzene rings is 2. The fraction of sp³-hybridized carbons (Fsp3) is 0.250. The first-order valence-corrected chi connectivity index (χ1v) is 8.75. The standard InChI is InChI=1S/C20H19ClN2O2/c1-3-24-10-11-25-20-15-7-5-4-6-14(15)18-16-12-13(21)8-9-17(16)23(2)19(18)22-20/h4-9,12H,3,10-11H2,1-2H3. The van der Waals surface area contributed by atoms with Crippen molar-refractivity contribution in [1.82, 2.24) is 9.55 Å². The van der Waals surface area contributed by atoms with Gasteiger partial charge in [-0.25, -0.2) is 0 Å². The minimum absolute atomic E-state index is 0.478. The molecule has 0 aliphatic carbocycles. The van der Waals surface area contributed by atoms with Crippen LogP contribution in [0.1, 0.15) is 6.92 Å². The molecule has 128 valence electrons. The smallest absolute Gasteiger partial charge is 0.223 e. The normalized spacial score (nSPS) is 11.6. The third kappa shape index (κ3) is 2.71. The van der Waals surface area contributed by atoms with E-state index in [4.69, 9.17) is 26.1 Å². The van der Waals surface area contributed by atoms with Gasteiger partial charge in [0.1, 0.15) is 12.3 Å². The number of aromatic nitrogens is 2. The fourth-order valence-electron chi connectivity index (χ4n) is 3.30. The van der Waals surface area contributed by atoms with Gasteiger partial charge in [-0.3, -0.25) is 0 Å². The summed E-state index contributed by atoms with van der Waals surface area (Å²) in [5.74, 6) is 0.639. The summed E-state index contributed by atoms with van der Waals surface area (Å²) in [5.41, 5.74) is 1.99. The zero-order valence-electron chi connectivity index (χ0n) is 14.3. The van der Waals surface area contributed by atoms with Gasteiger partial charge in [-0.15, -0.1) is 0 Å². The summed E-state index contributed by atoms with van der Waals surface area (Å²) in [6.45, 7) is 3.68. The molecule has 0 saturated carbocycles. The van der Waals surface area contributed by atoms with Gasteiger partial charge in [0.05, 0.1) is 12.1 Å². The topological polar surface area (TPSA) is 36.3 Å². The van der Waals surface area contributed by atoms with Crippen LogP contribution in [0.2, 0.25) is 5.02 Å². The molecule has 5 heteroatoms. The van der Waals surface area contributed by atoms with Crippen LogP contribution in [-0.2, 0) is 11.8 Å². The van der Waals surface area contributed by atoms with E-state index in [1.807, 2.05) is 50.4 Å². The van der Waals surface area contributed by atoms with E-state index in [-0.39, 0.29) is 0 Å². The van der Waals surface area contributed by atoms with E-state index in [9.17, 15) is 0 Å². The van der Waals surface area contributed by atoms with Crippen molar-refractivity contribution in [2.75, 3.05) is 19.8 Å². The summed E-state index contributed by atoms with van der Waals surface area (Å²) in [5, 5.41) is 5.05. The summed E-state index contributed by atoms with van der Waals surface area (Å²) >= 11 is 6.24. The highest BCUT2D eigenvalue weighted by Gasteiger charge is 2.16. The number of nitrogens with zero attached hydrogens (tertiary/aromatic N) is 2. The first kappa shape index (κ1) is 16.2. The van der Waals surface area contributed by atoms with Crippen molar-refractivity contribution in [3.05, 3.63) is 47.5 Å². The van der Waals surface area contributed by atoms with E-state index in [0.29, 0.717) is 25.7 Å². The maximum Gasteiger partial charge on any atom is 0.223 e. The van der Waals surface area contributed by atoms with Crippen LogP contribution in [0.15, 0.2) is 42.5 Å². The second kappa shape index (κ2) is 6.54. The highest BCUT2D eigenvalue weighted by atomic mass is 35.5. The van der Waals surface area contributed by atoms with E-state index in [2.05, 4.69) is 10.6 Å². The van der Waals surface area contributed by atoms with Crippen molar-refractivity contribution in [3.63, 3.8) is 0 Å². The Morgan fingerprint density at radius 1 is 1.04 bits per heavy atom. The average Bonchev–Trinajstić information content (AvgIpc) is 2.90. The van der Waals surface area contributed by atoms with E-state index >= 15 is 0 Å². The van der Waals surface area contributed by atoms with Crippen molar-refractivity contribution in [2.24, 2.45) is 7.05 Å². The number of fused-ring (bicyclic) bond motifs is 5. The van der Waals surface area contributed by atoms with Gasteiger partial charge in [-0.1, -0.05) is 29.8 Å². The minimum Gasteiger partial charge on any atom is -0.475 e. The molecule has 4 aromatic rings. The Balaban J connectivity index is 1.98. The van der Waals surface area contributed by atoms with Gasteiger partial charge in [0.25, 0.3) is 0 Å². The lowest BCUT2D eigenvalue weighted by Gasteiger charge is -2.10. The molecule has 0 aliphatic rings. The Labute approximate surface area is 150 Å². The van der Waals surface area contributed by atoms with Crippen LogP contribution in [0, 0.1) is 0 Å². The summed E-state index contributed by atoms with van der Waals surface area (Å²) in [6, 6.07) is 14.1. The monoisotopic (exact) mass is 354 g/mol. The molecule has 0 radical (unpaired) electrons. The van der Waals surface area contributed by atoms with Crippen molar-refractivity contribution in [3.8, 4) is 5.88 Å². The maximum absolute atomic E-state index is 6.24. The largest absolute Gasteiger partial charge is 0.475 e. The molecule has 4 rings (SSSR count). The fourth-order valence-corrected chi connectivity index (χ4v) is 3.47. The SMILES string of the molecule is CCOCCOc1nc2c(c3ccccc13)c1cc(Cl)ccc1n2C. The summed E-state index contributed by atoms with van der Waals surface area (Å²) in [4.78, 5) is 4.81. The number of rotatable bonds is 5. The second-order valence-electron chi connectivity index (χ2n) is 5.93. The Bertz CT molecular complexity index is 1070. The number of aryl methyl sites for hydroxylation is 1. The lowest BCUT2D eigenvalue weighted by molar-refractivity contribution is 0.109. The molecule has 2 heterocycles. The molecule has 2 aromatic heterocycles. The Morgan fingerprint density at radius 3 is 2.64 bits per heavy atom. The number of ether oxygens (including phenoxy) is 2. The lowest BCUT2D eigenvalue weighted by Crippen LogP contribution is -2.08. The summed E-state index contributed by atoms with van der Waals surface area (Å²) in [7, 11) is 2.02. The van der Waals surface area contributed by atoms with Crippen LogP contribution in [0.4, 0.5) is 0 Å². The second-order valence-corrected chi connectivity index (χ2v) is 6.36. The van der Waals surface area contributed by atoms with E-state index in [1.54, 1.807) is 0 Å². The number of pyridine rings is 1. The van der Waals surface area contributed by atoms with Crippen LogP contribution in [0.25, 0.3) is 32.7 Å². The first-order chi connectivity index (χ1) is 12.2. The minimum atomic E-state index is 0.478. The van der Waals surface area contributed by atoms with Crippen LogP contribution in [0.5, 0.6) is 5.88 Å². The molecular weight excluding hydrogens is 336 g/mol. The van der Waals surface area contributed by atoms with Crippen molar-refractivity contribution in [2.45, 2.75) is 6.92 Å². The Hall–Kier alpha value is -2.30. The van der Waals surface area contributed by atoms with E-state index in [0.717, 1.165) is 37.7 Å². The predicted molar refractivity (Wildman–Crippen MR) is 103 cm³/mol. The molecular formula is C20H19ClN2O2. The number of hydrogen-bond donors (Lipinski definition) is 0. The number of halogens is 1. The summed E-state index contributed by atoms with van der Waals surface area (Å²) < 4.78 is 13.4. The highest BCUT2D eigenvalue weighted by molar-refractivity contribution is 6.32. The highest BCUT2D eigenvalue weighted by Crippen LogP contribution is 2.37. The van der Waals surface area contributed by atoms with Crippen molar-refractivity contribution in [1.29, 1.82) is 0 Å². The quantitative estimate of drug-likeness (QED) is 0.476. The molecule has 0 amide bonds. The molecule has 0 fully saturated rings. The van der Waals surface area contributed by atoms with Gasteiger partial charge in [0.2, 0.25) is 5.88 Å². The van der Waals surface area contributed by atoms with Gasteiger partial charge in [-0.05, 0) is 36.6 Å². The first-order valence-electron chi connectivity index (χ1n) is 8.37. The van der Waals surface area contributed by atoms with Gasteiger partial charge in [0.15, 0.2) is 0 Å². The molecule has 4 nitrogen and oxygen atoms in total. The average molecular weight is 355 g/mol. The molecule has 0 bridgehead atoms. The lowest BCUT2D eigenvalue weighted by atomic mass is 10.1. The molecule has 0 N–H and O–H groups in total. The van der Waals surface area contributed by atoms with Crippen LogP contribution < -0.4 is 4.74 Å². The zero-order chi connectivity index (χ0) is 17.4. The zero-order valence-corrected chi connectivity index (χ0v) is 15.0. The van der Waals surface area contributed by atoms with Crippen LogP contribution >= 0.6 is 11.6 Å². The molecule has 25 heavy (non-hydrogen) atoms. The maximum atomic E-state index is 6.24. The molecule has 0 saturated heterocycles. The van der Waals surface area contributed by atoms with Crippen LogP contribution in [-0.4, -0.2) is 29.4 Å². The van der Waals surface area contributed by atoms with Gasteiger partial charge >= 0.3 is 0 Å². The van der Waals surface area contributed by atoms with E-state index < -0.39 is 0 Å². The Morgan fingerprint density at radius 2 is 1.84 bits per heavy atom.